The van der Waals surface area contributed by atoms with Crippen molar-refractivity contribution < 1.29 is 22.7 Å². The summed E-state index contributed by atoms with van der Waals surface area (Å²) < 4.78 is 58.1. The summed E-state index contributed by atoms with van der Waals surface area (Å²) in [4.78, 5) is 9.12. The highest BCUT2D eigenvalue weighted by atomic mass is 19.3. The van der Waals surface area contributed by atoms with Crippen LogP contribution in [0.3, 0.4) is 0 Å². The molecule has 33 heavy (non-hydrogen) atoms. The number of aryl methyl sites for hydroxylation is 1. The van der Waals surface area contributed by atoms with Crippen LogP contribution in [0.5, 0.6) is 0 Å². The lowest BCUT2D eigenvalue weighted by atomic mass is 10.1. The second kappa shape index (κ2) is 8.29. The van der Waals surface area contributed by atoms with E-state index in [0.29, 0.717) is 5.82 Å². The Bertz CT molecular complexity index is 1420. The minimum Gasteiger partial charge on any atom is -0.378 e. The molecule has 0 aliphatic carbocycles. The number of anilines is 2. The molecular weight excluding hydrogens is 440 g/mol. The van der Waals surface area contributed by atoms with Crippen LogP contribution < -0.4 is 4.90 Å². The van der Waals surface area contributed by atoms with Crippen LogP contribution in [0, 0.1) is 30.4 Å². The lowest BCUT2D eigenvalue weighted by Gasteiger charge is -2.25. The maximum atomic E-state index is 14.9. The molecule has 1 aromatic carbocycles. The van der Waals surface area contributed by atoms with Gasteiger partial charge in [-0.2, -0.15) is 4.98 Å². The Morgan fingerprint density at radius 2 is 1.91 bits per heavy atom. The number of aromatic nitrogens is 5. The van der Waals surface area contributed by atoms with E-state index in [1.54, 1.807) is 6.92 Å². The fourth-order valence-electron chi connectivity index (χ4n) is 3.35. The van der Waals surface area contributed by atoms with E-state index < -0.39 is 30.2 Å². The molecule has 170 valence electrons. The number of nitrogens with zero attached hydrogens (tertiary/aromatic N) is 6. The predicted molar refractivity (Wildman–Crippen MR) is 113 cm³/mol. The van der Waals surface area contributed by atoms with Gasteiger partial charge in [0.25, 0.3) is 12.2 Å². The summed E-state index contributed by atoms with van der Waals surface area (Å²) in [6, 6.07) is 3.48. The van der Waals surface area contributed by atoms with Gasteiger partial charge >= 0.3 is 0 Å². The zero-order chi connectivity index (χ0) is 23.9. The Morgan fingerprint density at radius 1 is 1.15 bits per heavy atom. The molecule has 3 aromatic heterocycles. The normalized spacial score (nSPS) is 11.8. The third-order valence-corrected chi connectivity index (χ3v) is 4.64. The number of rotatable bonds is 4. The van der Waals surface area contributed by atoms with Crippen molar-refractivity contribution in [3.05, 3.63) is 53.6 Å². The molecule has 0 radical (unpaired) electrons. The second-order valence-corrected chi connectivity index (χ2v) is 7.84. The molecule has 1 N–H and O–H groups in total. The molecule has 0 unspecified atom stereocenters. The Hall–Kier alpha value is -3.78. The standard InChI is InChI=1S/C22H18F4N6O/c1-12-29-30-21-28-20(19-16(24)9-27-10-17(19)32(12)21)31(11-18(25)26)15-7-13(6-14(23)8-15)4-5-22(2,3)33/h6-10,18,33H,11H2,1-3H3. The van der Waals surface area contributed by atoms with Gasteiger partial charge < -0.3 is 10.0 Å². The number of fused-ring (bicyclic) bond motifs is 3. The van der Waals surface area contributed by atoms with Crippen molar-refractivity contribution in [1.82, 2.24) is 24.6 Å². The lowest BCUT2D eigenvalue weighted by molar-refractivity contribution is 0.143. The van der Waals surface area contributed by atoms with E-state index in [4.69, 9.17) is 0 Å². The van der Waals surface area contributed by atoms with Gasteiger partial charge in [-0.1, -0.05) is 11.8 Å². The van der Waals surface area contributed by atoms with E-state index in [9.17, 15) is 22.7 Å². The molecule has 4 aromatic rings. The topological polar surface area (TPSA) is 79.4 Å². The van der Waals surface area contributed by atoms with Crippen molar-refractivity contribution in [2.45, 2.75) is 32.8 Å². The van der Waals surface area contributed by atoms with Crippen LogP contribution in [0.4, 0.5) is 29.1 Å². The third-order valence-electron chi connectivity index (χ3n) is 4.64. The minimum absolute atomic E-state index is 0.0269. The van der Waals surface area contributed by atoms with Gasteiger partial charge in [-0.05, 0) is 39.0 Å². The average molecular weight is 458 g/mol. The van der Waals surface area contributed by atoms with Crippen LogP contribution in [0.25, 0.3) is 16.7 Å². The first kappa shape index (κ1) is 22.4. The Kier molecular flexibility index (Phi) is 5.63. The molecule has 0 spiro atoms. The first-order valence-electron chi connectivity index (χ1n) is 9.80. The largest absolute Gasteiger partial charge is 0.378 e. The van der Waals surface area contributed by atoms with Crippen LogP contribution in [0.15, 0.2) is 30.6 Å². The monoisotopic (exact) mass is 458 g/mol. The molecule has 0 amide bonds. The van der Waals surface area contributed by atoms with Crippen molar-refractivity contribution in [3.63, 3.8) is 0 Å². The average Bonchev–Trinajstić information content (AvgIpc) is 3.10. The lowest BCUT2D eigenvalue weighted by Crippen LogP contribution is -2.26. The number of alkyl halides is 2. The molecule has 0 bridgehead atoms. The molecular formula is C22H18F4N6O. The zero-order valence-electron chi connectivity index (χ0n) is 17.8. The minimum atomic E-state index is -2.86. The van der Waals surface area contributed by atoms with Gasteiger partial charge in [0.1, 0.15) is 23.1 Å². The molecule has 0 atom stereocenters. The SMILES string of the molecule is Cc1nnc2nc(N(CC(F)F)c3cc(F)cc(C#CC(C)(C)O)c3)c3c(F)cncc3n12. The van der Waals surface area contributed by atoms with Crippen LogP contribution >= 0.6 is 0 Å². The molecule has 0 saturated heterocycles. The fraction of sp³-hybridized carbons (Fsp3) is 0.273. The highest BCUT2D eigenvalue weighted by molar-refractivity contribution is 5.93. The van der Waals surface area contributed by atoms with E-state index in [1.165, 1.54) is 30.5 Å². The van der Waals surface area contributed by atoms with E-state index in [1.807, 2.05) is 0 Å². The van der Waals surface area contributed by atoms with Gasteiger partial charge in [-0.3, -0.25) is 9.38 Å². The first-order valence-corrected chi connectivity index (χ1v) is 9.80. The predicted octanol–water partition coefficient (Wildman–Crippen LogP) is 3.78. The molecule has 3 heterocycles. The summed E-state index contributed by atoms with van der Waals surface area (Å²) in [6.07, 6.45) is -0.582. The van der Waals surface area contributed by atoms with Gasteiger partial charge in [0.15, 0.2) is 5.82 Å². The summed E-state index contributed by atoms with van der Waals surface area (Å²) >= 11 is 0. The molecule has 0 saturated carbocycles. The van der Waals surface area contributed by atoms with E-state index >= 15 is 0 Å². The maximum absolute atomic E-state index is 14.9. The Labute approximate surface area is 185 Å². The fourth-order valence-corrected chi connectivity index (χ4v) is 3.35. The van der Waals surface area contributed by atoms with Gasteiger partial charge in [-0.15, -0.1) is 10.2 Å². The number of hydrogen-bond donors (Lipinski definition) is 1. The number of aliphatic hydroxyl groups is 1. The van der Waals surface area contributed by atoms with Crippen molar-refractivity contribution in [3.8, 4) is 11.8 Å². The number of pyridine rings is 1. The van der Waals surface area contributed by atoms with Crippen molar-refractivity contribution in [2.75, 3.05) is 11.4 Å². The van der Waals surface area contributed by atoms with Crippen LogP contribution in [-0.4, -0.2) is 48.2 Å². The van der Waals surface area contributed by atoms with Crippen LogP contribution in [0.1, 0.15) is 25.2 Å². The molecule has 0 fully saturated rings. The van der Waals surface area contributed by atoms with Gasteiger partial charge in [0.2, 0.25) is 0 Å². The third kappa shape index (κ3) is 4.56. The van der Waals surface area contributed by atoms with Gasteiger partial charge in [0, 0.05) is 11.3 Å². The Morgan fingerprint density at radius 3 is 2.61 bits per heavy atom. The highest BCUT2D eigenvalue weighted by Crippen LogP contribution is 2.34. The van der Waals surface area contributed by atoms with Crippen LogP contribution in [0.2, 0.25) is 0 Å². The highest BCUT2D eigenvalue weighted by Gasteiger charge is 2.24. The van der Waals surface area contributed by atoms with Gasteiger partial charge in [-0.25, -0.2) is 17.6 Å². The molecule has 7 nitrogen and oxygen atoms in total. The molecule has 0 aliphatic rings. The van der Waals surface area contributed by atoms with Gasteiger partial charge in [0.05, 0.1) is 29.8 Å². The van der Waals surface area contributed by atoms with Crippen molar-refractivity contribution in [1.29, 1.82) is 0 Å². The summed E-state index contributed by atoms with van der Waals surface area (Å²) in [5.41, 5.74) is -1.02. The van der Waals surface area contributed by atoms with Crippen LogP contribution in [-0.2, 0) is 0 Å². The van der Waals surface area contributed by atoms with E-state index in [0.717, 1.165) is 23.2 Å². The zero-order valence-corrected chi connectivity index (χ0v) is 17.8. The summed E-state index contributed by atoms with van der Waals surface area (Å²) in [6.45, 7) is 3.62. The Balaban J connectivity index is 1.99. The maximum Gasteiger partial charge on any atom is 0.257 e. The number of benzene rings is 1. The van der Waals surface area contributed by atoms with E-state index in [2.05, 4.69) is 32.0 Å². The number of halogens is 4. The molecule has 0 aliphatic heterocycles. The summed E-state index contributed by atoms with van der Waals surface area (Å²) in [5.74, 6) is 3.86. The molecule has 11 heteroatoms. The molecule has 4 rings (SSSR count). The van der Waals surface area contributed by atoms with Crippen molar-refractivity contribution in [2.24, 2.45) is 0 Å². The summed E-state index contributed by atoms with van der Waals surface area (Å²) in [5, 5.41) is 17.6. The van der Waals surface area contributed by atoms with Crippen molar-refractivity contribution >= 4 is 28.2 Å². The summed E-state index contributed by atoms with van der Waals surface area (Å²) in [7, 11) is 0. The van der Waals surface area contributed by atoms with E-state index in [-0.39, 0.29) is 33.7 Å². The second-order valence-electron chi connectivity index (χ2n) is 7.84. The number of hydrogen-bond acceptors (Lipinski definition) is 6. The quantitative estimate of drug-likeness (QED) is 0.370. The smallest absolute Gasteiger partial charge is 0.257 e. The first-order chi connectivity index (χ1) is 15.5.